The Labute approximate surface area is 104 Å². The van der Waals surface area contributed by atoms with E-state index in [-0.39, 0.29) is 0 Å². The zero-order valence-corrected chi connectivity index (χ0v) is 11.0. The average Bonchev–Trinajstić information content (AvgIpc) is 2.39. The molecule has 0 saturated heterocycles. The average molecular weight is 237 g/mol. The first-order chi connectivity index (χ1) is 8.16. The predicted octanol–water partition coefficient (Wildman–Crippen LogP) is 2.29. The molecule has 0 fully saturated rings. The van der Waals surface area contributed by atoms with Gasteiger partial charge in [0.05, 0.1) is 7.11 Å². The molecule has 2 N–H and O–H groups in total. The van der Waals surface area contributed by atoms with Crippen LogP contribution in [0.2, 0.25) is 0 Å². The predicted molar refractivity (Wildman–Crippen MR) is 70.3 cm³/mol. The highest BCUT2D eigenvalue weighted by Crippen LogP contribution is 2.26. The van der Waals surface area contributed by atoms with Crippen molar-refractivity contribution in [1.29, 1.82) is 0 Å². The van der Waals surface area contributed by atoms with E-state index in [1.54, 1.807) is 7.11 Å². The maximum atomic E-state index is 10.6. The van der Waals surface area contributed by atoms with Gasteiger partial charge in [0.25, 0.3) is 0 Å². The number of methoxy groups -OCH3 is 1. The van der Waals surface area contributed by atoms with E-state index in [1.165, 1.54) is 0 Å². The maximum Gasteiger partial charge on any atom is 0.118 e. The lowest BCUT2D eigenvalue weighted by Crippen LogP contribution is -2.37. The van der Waals surface area contributed by atoms with Crippen LogP contribution in [0.5, 0.6) is 5.75 Å². The van der Waals surface area contributed by atoms with E-state index in [0.717, 1.165) is 24.3 Å². The SMILES string of the molecule is CCCNCC(O)(CC)c1ccc(OC)cc1. The van der Waals surface area contributed by atoms with E-state index in [1.807, 2.05) is 31.2 Å². The van der Waals surface area contributed by atoms with Crippen molar-refractivity contribution in [3.8, 4) is 5.75 Å². The van der Waals surface area contributed by atoms with Crippen LogP contribution in [0.25, 0.3) is 0 Å². The molecule has 0 aromatic heterocycles. The molecule has 1 rings (SSSR count). The molecule has 1 aromatic carbocycles. The Morgan fingerprint density at radius 1 is 1.24 bits per heavy atom. The third-order valence-corrected chi connectivity index (χ3v) is 3.06. The molecule has 1 atom stereocenters. The van der Waals surface area contributed by atoms with Crippen molar-refractivity contribution < 1.29 is 9.84 Å². The van der Waals surface area contributed by atoms with Gasteiger partial charge in [-0.15, -0.1) is 0 Å². The van der Waals surface area contributed by atoms with Gasteiger partial charge in [0.1, 0.15) is 11.4 Å². The number of rotatable bonds is 7. The maximum absolute atomic E-state index is 10.6. The number of benzene rings is 1. The van der Waals surface area contributed by atoms with E-state index in [4.69, 9.17) is 4.74 Å². The van der Waals surface area contributed by atoms with Crippen molar-refractivity contribution in [2.75, 3.05) is 20.2 Å². The summed E-state index contributed by atoms with van der Waals surface area (Å²) in [5.74, 6) is 0.814. The third-order valence-electron chi connectivity index (χ3n) is 3.06. The van der Waals surface area contributed by atoms with Crippen LogP contribution >= 0.6 is 0 Å². The summed E-state index contributed by atoms with van der Waals surface area (Å²) in [7, 11) is 1.64. The third kappa shape index (κ3) is 3.72. The summed E-state index contributed by atoms with van der Waals surface area (Å²) < 4.78 is 5.12. The first-order valence-electron chi connectivity index (χ1n) is 6.24. The first kappa shape index (κ1) is 14.0. The van der Waals surface area contributed by atoms with Gasteiger partial charge in [-0.2, -0.15) is 0 Å². The summed E-state index contributed by atoms with van der Waals surface area (Å²) in [4.78, 5) is 0. The summed E-state index contributed by atoms with van der Waals surface area (Å²) in [5, 5.41) is 13.9. The van der Waals surface area contributed by atoms with E-state index >= 15 is 0 Å². The van der Waals surface area contributed by atoms with Crippen LogP contribution in [0, 0.1) is 0 Å². The Kier molecular flexibility index (Phi) is 5.45. The van der Waals surface area contributed by atoms with Crippen molar-refractivity contribution >= 4 is 0 Å². The van der Waals surface area contributed by atoms with Gasteiger partial charge in [-0.25, -0.2) is 0 Å². The van der Waals surface area contributed by atoms with E-state index in [0.29, 0.717) is 13.0 Å². The topological polar surface area (TPSA) is 41.5 Å². The van der Waals surface area contributed by atoms with Crippen LogP contribution in [0.4, 0.5) is 0 Å². The second-order valence-corrected chi connectivity index (χ2v) is 4.29. The molecule has 0 aliphatic rings. The highest BCUT2D eigenvalue weighted by Gasteiger charge is 2.26. The largest absolute Gasteiger partial charge is 0.497 e. The van der Waals surface area contributed by atoms with Crippen LogP contribution in [0.1, 0.15) is 32.3 Å². The molecule has 0 bridgehead atoms. The van der Waals surface area contributed by atoms with Crippen LogP contribution in [-0.2, 0) is 5.60 Å². The molecule has 1 unspecified atom stereocenters. The quantitative estimate of drug-likeness (QED) is 0.715. The zero-order chi connectivity index (χ0) is 12.7. The smallest absolute Gasteiger partial charge is 0.118 e. The summed E-state index contributed by atoms with van der Waals surface area (Å²) in [6, 6.07) is 7.62. The van der Waals surface area contributed by atoms with Gasteiger partial charge in [-0.1, -0.05) is 26.0 Å². The van der Waals surface area contributed by atoms with Crippen molar-refractivity contribution in [2.45, 2.75) is 32.3 Å². The molecule has 96 valence electrons. The van der Waals surface area contributed by atoms with Crippen LogP contribution in [-0.4, -0.2) is 25.3 Å². The fourth-order valence-electron chi connectivity index (χ4n) is 1.80. The summed E-state index contributed by atoms with van der Waals surface area (Å²) >= 11 is 0. The minimum absolute atomic E-state index is 0.587. The van der Waals surface area contributed by atoms with E-state index in [9.17, 15) is 5.11 Å². The lowest BCUT2D eigenvalue weighted by atomic mass is 9.91. The van der Waals surface area contributed by atoms with Gasteiger partial charge in [-0.3, -0.25) is 0 Å². The molecular formula is C14H23NO2. The van der Waals surface area contributed by atoms with E-state index in [2.05, 4.69) is 12.2 Å². The molecule has 3 nitrogen and oxygen atoms in total. The second kappa shape index (κ2) is 6.62. The minimum Gasteiger partial charge on any atom is -0.497 e. The molecule has 3 heteroatoms. The fourth-order valence-corrected chi connectivity index (χ4v) is 1.80. The molecular weight excluding hydrogens is 214 g/mol. The first-order valence-corrected chi connectivity index (χ1v) is 6.24. The number of nitrogens with one attached hydrogen (secondary N) is 1. The van der Waals surface area contributed by atoms with Gasteiger partial charge >= 0.3 is 0 Å². The van der Waals surface area contributed by atoms with Gasteiger partial charge in [0.2, 0.25) is 0 Å². The molecule has 0 aliphatic heterocycles. The van der Waals surface area contributed by atoms with Crippen molar-refractivity contribution in [2.24, 2.45) is 0 Å². The molecule has 0 amide bonds. The zero-order valence-electron chi connectivity index (χ0n) is 11.0. The second-order valence-electron chi connectivity index (χ2n) is 4.29. The van der Waals surface area contributed by atoms with Crippen molar-refractivity contribution in [1.82, 2.24) is 5.32 Å². The van der Waals surface area contributed by atoms with Gasteiger partial charge in [-0.05, 0) is 37.1 Å². The van der Waals surface area contributed by atoms with Gasteiger partial charge < -0.3 is 15.2 Å². The lowest BCUT2D eigenvalue weighted by molar-refractivity contribution is 0.0328. The van der Waals surface area contributed by atoms with Gasteiger partial charge in [0, 0.05) is 6.54 Å². The standard InChI is InChI=1S/C14H23NO2/c1-4-10-15-11-14(16,5-2)12-6-8-13(17-3)9-7-12/h6-9,15-16H,4-5,10-11H2,1-3H3. The summed E-state index contributed by atoms with van der Waals surface area (Å²) in [6.45, 7) is 5.63. The highest BCUT2D eigenvalue weighted by molar-refractivity contribution is 5.31. The molecule has 0 radical (unpaired) electrons. The van der Waals surface area contributed by atoms with Crippen LogP contribution in [0.15, 0.2) is 24.3 Å². The molecule has 0 saturated carbocycles. The Hall–Kier alpha value is -1.06. The Bertz CT molecular complexity index is 323. The molecule has 17 heavy (non-hydrogen) atoms. The minimum atomic E-state index is -0.790. The Morgan fingerprint density at radius 3 is 2.35 bits per heavy atom. The monoisotopic (exact) mass is 237 g/mol. The molecule has 0 heterocycles. The number of ether oxygens (including phenoxy) is 1. The molecule has 1 aromatic rings. The fraction of sp³-hybridized carbons (Fsp3) is 0.571. The normalized spacial score (nSPS) is 14.4. The number of hydrogen-bond donors (Lipinski definition) is 2. The van der Waals surface area contributed by atoms with Crippen LogP contribution in [0.3, 0.4) is 0 Å². The Morgan fingerprint density at radius 2 is 1.88 bits per heavy atom. The summed E-state index contributed by atoms with van der Waals surface area (Å²) in [6.07, 6.45) is 1.76. The lowest BCUT2D eigenvalue weighted by Gasteiger charge is -2.28. The molecule has 0 aliphatic carbocycles. The summed E-state index contributed by atoms with van der Waals surface area (Å²) in [5.41, 5.74) is 0.144. The molecule has 0 spiro atoms. The van der Waals surface area contributed by atoms with Gasteiger partial charge in [0.15, 0.2) is 0 Å². The van der Waals surface area contributed by atoms with Crippen LogP contribution < -0.4 is 10.1 Å². The Balaban J connectivity index is 2.75. The highest BCUT2D eigenvalue weighted by atomic mass is 16.5. The van der Waals surface area contributed by atoms with Crippen molar-refractivity contribution in [3.05, 3.63) is 29.8 Å². The number of hydrogen-bond acceptors (Lipinski definition) is 3. The number of aliphatic hydroxyl groups is 1. The van der Waals surface area contributed by atoms with E-state index < -0.39 is 5.60 Å². The van der Waals surface area contributed by atoms with Crippen molar-refractivity contribution in [3.63, 3.8) is 0 Å².